The normalized spacial score (nSPS) is 10.4. The van der Waals surface area contributed by atoms with Crippen molar-refractivity contribution in [1.82, 2.24) is 0 Å². The molecule has 4 heteroatoms. The third kappa shape index (κ3) is 4.26. The largest absolute Gasteiger partial charge is 0.496 e. The number of carbonyl (C=O) groups is 1. The van der Waals surface area contributed by atoms with E-state index in [4.69, 9.17) is 16.3 Å². The van der Waals surface area contributed by atoms with Gasteiger partial charge in [0.1, 0.15) is 5.75 Å². The number of halogens is 1. The lowest BCUT2D eigenvalue weighted by Gasteiger charge is -2.08. The first-order valence-corrected chi connectivity index (χ1v) is 8.09. The monoisotopic (exact) mass is 320 g/mol. The zero-order valence-corrected chi connectivity index (χ0v) is 13.6. The van der Waals surface area contributed by atoms with Gasteiger partial charge in [-0.15, -0.1) is 11.8 Å². The lowest BCUT2D eigenvalue weighted by molar-refractivity contribution is 0.0992. The Balaban J connectivity index is 2.15. The molecule has 0 N–H and O–H groups in total. The van der Waals surface area contributed by atoms with Crippen molar-refractivity contribution in [1.29, 1.82) is 0 Å². The molecule has 21 heavy (non-hydrogen) atoms. The van der Waals surface area contributed by atoms with E-state index < -0.39 is 0 Å². The van der Waals surface area contributed by atoms with Crippen molar-refractivity contribution in [2.75, 3.05) is 12.9 Å². The maximum Gasteiger partial charge on any atom is 0.167 e. The van der Waals surface area contributed by atoms with E-state index in [0.29, 0.717) is 16.3 Å². The maximum atomic E-state index is 12.4. The van der Waals surface area contributed by atoms with Gasteiger partial charge in [-0.25, -0.2) is 0 Å². The zero-order chi connectivity index (χ0) is 15.2. The van der Waals surface area contributed by atoms with Gasteiger partial charge < -0.3 is 4.74 Å². The van der Waals surface area contributed by atoms with Gasteiger partial charge in [0, 0.05) is 27.5 Å². The molecule has 0 saturated heterocycles. The van der Waals surface area contributed by atoms with Gasteiger partial charge in [-0.05, 0) is 36.1 Å². The molecule has 2 nitrogen and oxygen atoms in total. The van der Waals surface area contributed by atoms with Crippen LogP contribution in [0.4, 0.5) is 0 Å². The van der Waals surface area contributed by atoms with E-state index in [0.717, 1.165) is 11.3 Å². The zero-order valence-electron chi connectivity index (χ0n) is 12.1. The van der Waals surface area contributed by atoms with E-state index >= 15 is 0 Å². The van der Waals surface area contributed by atoms with Gasteiger partial charge in [-0.2, -0.15) is 0 Å². The summed E-state index contributed by atoms with van der Waals surface area (Å²) in [4.78, 5) is 13.5. The van der Waals surface area contributed by atoms with E-state index in [1.807, 2.05) is 24.3 Å². The first-order chi connectivity index (χ1) is 10.1. The van der Waals surface area contributed by atoms with E-state index in [2.05, 4.69) is 6.92 Å². The molecule has 0 aliphatic heterocycles. The fourth-order valence-corrected chi connectivity index (χ4v) is 2.92. The highest BCUT2D eigenvalue weighted by atomic mass is 35.5. The van der Waals surface area contributed by atoms with Crippen molar-refractivity contribution in [3.05, 3.63) is 58.6 Å². The van der Waals surface area contributed by atoms with Crippen LogP contribution in [-0.4, -0.2) is 18.6 Å². The Morgan fingerprint density at radius 3 is 2.52 bits per heavy atom. The predicted octanol–water partition coefficient (Wildman–Crippen LogP) is 4.89. The topological polar surface area (TPSA) is 26.3 Å². The number of hydrogen-bond acceptors (Lipinski definition) is 3. The summed E-state index contributed by atoms with van der Waals surface area (Å²) in [5.41, 5.74) is 1.51. The number of thioether (sulfide) groups is 1. The average Bonchev–Trinajstić information content (AvgIpc) is 2.48. The van der Waals surface area contributed by atoms with Crippen molar-refractivity contribution in [3.8, 4) is 5.75 Å². The molecule has 0 aromatic heterocycles. The van der Waals surface area contributed by atoms with Gasteiger partial charge in [0.05, 0.1) is 7.11 Å². The SMILES string of the molecule is CCSc1ccc(C(=O)Cc2cc(Cl)ccc2OC)cc1. The summed E-state index contributed by atoms with van der Waals surface area (Å²) in [5, 5.41) is 0.605. The smallest absolute Gasteiger partial charge is 0.167 e. The molecule has 110 valence electrons. The average molecular weight is 321 g/mol. The Kier molecular flexibility index (Phi) is 5.71. The predicted molar refractivity (Wildman–Crippen MR) is 88.9 cm³/mol. The van der Waals surface area contributed by atoms with Crippen molar-refractivity contribution < 1.29 is 9.53 Å². The second-order valence-corrected chi connectivity index (χ2v) is 6.29. The number of ketones is 1. The van der Waals surface area contributed by atoms with E-state index in [1.54, 1.807) is 37.1 Å². The van der Waals surface area contributed by atoms with Crippen molar-refractivity contribution in [3.63, 3.8) is 0 Å². The maximum absolute atomic E-state index is 12.4. The highest BCUT2D eigenvalue weighted by Gasteiger charge is 2.11. The summed E-state index contributed by atoms with van der Waals surface area (Å²) in [6.45, 7) is 2.11. The Bertz CT molecular complexity index is 623. The molecule has 0 unspecified atom stereocenters. The number of Topliss-reactive ketones (excluding diaryl/α,β-unsaturated/α-hetero) is 1. The number of benzene rings is 2. The van der Waals surface area contributed by atoms with Crippen molar-refractivity contribution >= 4 is 29.1 Å². The van der Waals surface area contributed by atoms with Crippen LogP contribution in [0.25, 0.3) is 0 Å². The molecule has 0 saturated carbocycles. The Morgan fingerprint density at radius 1 is 1.19 bits per heavy atom. The Hall–Kier alpha value is -1.45. The van der Waals surface area contributed by atoms with Gasteiger partial charge >= 0.3 is 0 Å². The van der Waals surface area contributed by atoms with Crippen molar-refractivity contribution in [2.24, 2.45) is 0 Å². The van der Waals surface area contributed by atoms with Gasteiger partial charge in [-0.3, -0.25) is 4.79 Å². The van der Waals surface area contributed by atoms with Crippen LogP contribution in [0.5, 0.6) is 5.75 Å². The molecule has 0 heterocycles. The van der Waals surface area contributed by atoms with Crippen LogP contribution in [0.1, 0.15) is 22.8 Å². The van der Waals surface area contributed by atoms with Crippen LogP contribution >= 0.6 is 23.4 Å². The molecule has 0 atom stereocenters. The van der Waals surface area contributed by atoms with E-state index in [1.165, 1.54) is 4.90 Å². The molecule has 0 aliphatic carbocycles. The summed E-state index contributed by atoms with van der Waals surface area (Å²) in [6.07, 6.45) is 0.282. The van der Waals surface area contributed by atoms with Crippen LogP contribution in [0.3, 0.4) is 0 Å². The third-order valence-corrected chi connectivity index (χ3v) is 4.21. The van der Waals surface area contributed by atoms with Gasteiger partial charge in [0.2, 0.25) is 0 Å². The molecular weight excluding hydrogens is 304 g/mol. The molecule has 2 rings (SSSR count). The second kappa shape index (κ2) is 7.53. The highest BCUT2D eigenvalue weighted by molar-refractivity contribution is 7.99. The van der Waals surface area contributed by atoms with Crippen LogP contribution < -0.4 is 4.74 Å². The standard InChI is InChI=1S/C17H17ClO2S/c1-3-21-15-7-4-12(5-8-15)16(19)11-13-10-14(18)6-9-17(13)20-2/h4-10H,3,11H2,1-2H3. The first-order valence-electron chi connectivity index (χ1n) is 6.72. The number of rotatable bonds is 6. The summed E-state index contributed by atoms with van der Waals surface area (Å²) >= 11 is 7.75. The summed E-state index contributed by atoms with van der Waals surface area (Å²) < 4.78 is 5.27. The Morgan fingerprint density at radius 2 is 1.90 bits per heavy atom. The number of carbonyl (C=O) groups excluding carboxylic acids is 1. The first kappa shape index (κ1) is 15.9. The fourth-order valence-electron chi connectivity index (χ4n) is 2.06. The molecule has 2 aromatic rings. The van der Waals surface area contributed by atoms with Gasteiger partial charge in [0.25, 0.3) is 0 Å². The Labute approximate surface area is 134 Å². The summed E-state index contributed by atoms with van der Waals surface area (Å²) in [7, 11) is 1.59. The molecular formula is C17H17ClO2S. The van der Waals surface area contributed by atoms with Crippen LogP contribution in [0, 0.1) is 0 Å². The second-order valence-electron chi connectivity index (χ2n) is 4.51. The molecule has 0 radical (unpaired) electrons. The minimum absolute atomic E-state index is 0.0589. The van der Waals surface area contributed by atoms with Crippen molar-refractivity contribution in [2.45, 2.75) is 18.2 Å². The highest BCUT2D eigenvalue weighted by Crippen LogP contribution is 2.24. The van der Waals surface area contributed by atoms with E-state index in [9.17, 15) is 4.79 Å². The molecule has 0 aliphatic rings. The molecule has 0 spiro atoms. The summed E-state index contributed by atoms with van der Waals surface area (Å²) in [5.74, 6) is 1.77. The third-order valence-electron chi connectivity index (χ3n) is 3.08. The van der Waals surface area contributed by atoms with Crippen LogP contribution in [0.15, 0.2) is 47.4 Å². The van der Waals surface area contributed by atoms with Gasteiger partial charge in [-0.1, -0.05) is 30.7 Å². The fraction of sp³-hybridized carbons (Fsp3) is 0.235. The van der Waals surface area contributed by atoms with Crippen LogP contribution in [0.2, 0.25) is 5.02 Å². The van der Waals surface area contributed by atoms with Crippen LogP contribution in [-0.2, 0) is 6.42 Å². The minimum Gasteiger partial charge on any atom is -0.496 e. The number of methoxy groups -OCH3 is 1. The number of ether oxygens (including phenoxy) is 1. The lowest BCUT2D eigenvalue weighted by atomic mass is 10.0. The molecule has 0 fully saturated rings. The lowest BCUT2D eigenvalue weighted by Crippen LogP contribution is -2.05. The summed E-state index contributed by atoms with van der Waals surface area (Å²) in [6, 6.07) is 13.0. The number of hydrogen-bond donors (Lipinski definition) is 0. The van der Waals surface area contributed by atoms with E-state index in [-0.39, 0.29) is 12.2 Å². The van der Waals surface area contributed by atoms with Gasteiger partial charge in [0.15, 0.2) is 5.78 Å². The molecule has 0 amide bonds. The minimum atomic E-state index is 0.0589. The quantitative estimate of drug-likeness (QED) is 0.560. The molecule has 0 bridgehead atoms. The molecule has 2 aromatic carbocycles.